The number of aromatic nitrogens is 1. The van der Waals surface area contributed by atoms with Gasteiger partial charge in [0.1, 0.15) is 0 Å². The Labute approximate surface area is 121 Å². The van der Waals surface area contributed by atoms with Crippen LogP contribution in [0.3, 0.4) is 0 Å². The van der Waals surface area contributed by atoms with Crippen LogP contribution in [-0.2, 0) is 4.79 Å². The van der Waals surface area contributed by atoms with Gasteiger partial charge < -0.3 is 5.32 Å². The molecule has 1 aromatic heterocycles. The molecule has 2 unspecified atom stereocenters. The van der Waals surface area contributed by atoms with Crippen molar-refractivity contribution in [1.29, 1.82) is 0 Å². The molecule has 0 saturated heterocycles. The second kappa shape index (κ2) is 6.69. The predicted octanol–water partition coefficient (Wildman–Crippen LogP) is 3.56. The first-order valence-electron chi connectivity index (χ1n) is 7.46. The zero-order chi connectivity index (χ0) is 14.5. The molecule has 20 heavy (non-hydrogen) atoms. The SMILES string of the molecule is Cc1cccnc1C(NC(=O)C1CC=CCC1)C(C)C. The van der Waals surface area contributed by atoms with Crippen molar-refractivity contribution in [2.45, 2.75) is 46.1 Å². The summed E-state index contributed by atoms with van der Waals surface area (Å²) in [5.41, 5.74) is 2.12. The van der Waals surface area contributed by atoms with Crippen molar-refractivity contribution in [3.63, 3.8) is 0 Å². The molecule has 108 valence electrons. The first-order valence-corrected chi connectivity index (χ1v) is 7.46. The fourth-order valence-corrected chi connectivity index (χ4v) is 2.68. The number of aryl methyl sites for hydroxylation is 1. The van der Waals surface area contributed by atoms with Crippen molar-refractivity contribution in [2.24, 2.45) is 11.8 Å². The van der Waals surface area contributed by atoms with Gasteiger partial charge in [0.2, 0.25) is 5.91 Å². The summed E-state index contributed by atoms with van der Waals surface area (Å²) in [5, 5.41) is 3.21. The lowest BCUT2D eigenvalue weighted by atomic mass is 9.91. The third-order valence-corrected chi connectivity index (χ3v) is 3.95. The van der Waals surface area contributed by atoms with E-state index in [0.717, 1.165) is 30.5 Å². The van der Waals surface area contributed by atoms with Gasteiger partial charge >= 0.3 is 0 Å². The molecule has 2 rings (SSSR count). The van der Waals surface area contributed by atoms with E-state index in [1.165, 1.54) is 0 Å². The second-order valence-electron chi connectivity index (χ2n) is 5.92. The lowest BCUT2D eigenvalue weighted by molar-refractivity contribution is -0.126. The molecule has 3 nitrogen and oxygen atoms in total. The Morgan fingerprint density at radius 2 is 2.20 bits per heavy atom. The van der Waals surface area contributed by atoms with E-state index in [1.54, 1.807) is 6.20 Å². The van der Waals surface area contributed by atoms with E-state index < -0.39 is 0 Å². The van der Waals surface area contributed by atoms with Crippen LogP contribution in [-0.4, -0.2) is 10.9 Å². The van der Waals surface area contributed by atoms with Gasteiger partial charge in [-0.3, -0.25) is 9.78 Å². The standard InChI is InChI=1S/C17H24N2O/c1-12(2)15(16-13(3)8-7-11-18-16)19-17(20)14-9-5-4-6-10-14/h4-5,7-8,11-12,14-15H,6,9-10H2,1-3H3,(H,19,20). The highest BCUT2D eigenvalue weighted by molar-refractivity contribution is 5.79. The molecule has 1 aliphatic carbocycles. The molecular formula is C17H24N2O. The fraction of sp³-hybridized carbons (Fsp3) is 0.529. The van der Waals surface area contributed by atoms with Gasteiger partial charge in [-0.1, -0.05) is 32.1 Å². The van der Waals surface area contributed by atoms with Gasteiger partial charge in [0.25, 0.3) is 0 Å². The molecule has 0 bridgehead atoms. The Morgan fingerprint density at radius 1 is 1.40 bits per heavy atom. The Bertz CT molecular complexity index is 494. The number of nitrogens with zero attached hydrogens (tertiary/aromatic N) is 1. The summed E-state index contributed by atoms with van der Waals surface area (Å²) in [6.45, 7) is 6.30. The molecule has 0 saturated carbocycles. The molecule has 0 aromatic carbocycles. The molecule has 0 aliphatic heterocycles. The Hall–Kier alpha value is -1.64. The average Bonchev–Trinajstić information content (AvgIpc) is 2.46. The minimum Gasteiger partial charge on any atom is -0.347 e. The molecule has 2 atom stereocenters. The number of amides is 1. The zero-order valence-corrected chi connectivity index (χ0v) is 12.6. The summed E-state index contributed by atoms with van der Waals surface area (Å²) in [5.74, 6) is 0.607. The lowest BCUT2D eigenvalue weighted by Gasteiger charge is -2.26. The van der Waals surface area contributed by atoms with Gasteiger partial charge in [0.15, 0.2) is 0 Å². The summed E-state index contributed by atoms with van der Waals surface area (Å²) >= 11 is 0. The minimum atomic E-state index is -0.00499. The molecule has 0 spiro atoms. The quantitative estimate of drug-likeness (QED) is 0.852. The third-order valence-electron chi connectivity index (χ3n) is 3.95. The van der Waals surface area contributed by atoms with E-state index in [9.17, 15) is 4.79 Å². The predicted molar refractivity (Wildman–Crippen MR) is 81.2 cm³/mol. The molecule has 1 aromatic rings. The first-order chi connectivity index (χ1) is 9.59. The largest absolute Gasteiger partial charge is 0.347 e. The number of carbonyl (C=O) groups excluding carboxylic acids is 1. The number of allylic oxidation sites excluding steroid dienone is 2. The highest BCUT2D eigenvalue weighted by atomic mass is 16.1. The van der Waals surface area contributed by atoms with Crippen molar-refractivity contribution in [2.75, 3.05) is 0 Å². The monoisotopic (exact) mass is 272 g/mol. The van der Waals surface area contributed by atoms with Gasteiger partial charge in [-0.25, -0.2) is 0 Å². The van der Waals surface area contributed by atoms with E-state index in [-0.39, 0.29) is 17.9 Å². The Balaban J connectivity index is 2.12. The minimum absolute atomic E-state index is 0.00499. The topological polar surface area (TPSA) is 42.0 Å². The van der Waals surface area contributed by atoms with Gasteiger partial charge in [-0.05, 0) is 43.7 Å². The number of pyridine rings is 1. The summed E-state index contributed by atoms with van der Waals surface area (Å²) in [4.78, 5) is 16.9. The third kappa shape index (κ3) is 3.47. The molecule has 3 heteroatoms. The van der Waals surface area contributed by atoms with Crippen LogP contribution in [0, 0.1) is 18.8 Å². The highest BCUT2D eigenvalue weighted by Gasteiger charge is 2.25. The van der Waals surface area contributed by atoms with Gasteiger partial charge in [-0.2, -0.15) is 0 Å². The maximum Gasteiger partial charge on any atom is 0.223 e. The highest BCUT2D eigenvalue weighted by Crippen LogP contribution is 2.25. The lowest BCUT2D eigenvalue weighted by Crippen LogP contribution is -2.37. The zero-order valence-electron chi connectivity index (χ0n) is 12.6. The summed E-state index contributed by atoms with van der Waals surface area (Å²) in [7, 11) is 0. The van der Waals surface area contributed by atoms with Gasteiger partial charge in [0, 0.05) is 12.1 Å². The van der Waals surface area contributed by atoms with Crippen LogP contribution in [0.15, 0.2) is 30.5 Å². The molecule has 1 aliphatic rings. The molecule has 0 radical (unpaired) electrons. The van der Waals surface area contributed by atoms with E-state index in [0.29, 0.717) is 5.92 Å². The first kappa shape index (κ1) is 14.8. The fourth-order valence-electron chi connectivity index (χ4n) is 2.68. The average molecular weight is 272 g/mol. The molecule has 1 heterocycles. The van der Waals surface area contributed by atoms with Crippen molar-refractivity contribution < 1.29 is 4.79 Å². The van der Waals surface area contributed by atoms with Crippen molar-refractivity contribution in [3.8, 4) is 0 Å². The van der Waals surface area contributed by atoms with Crippen LogP contribution in [0.25, 0.3) is 0 Å². The maximum atomic E-state index is 12.4. The van der Waals surface area contributed by atoms with Crippen LogP contribution in [0.2, 0.25) is 0 Å². The normalized spacial score (nSPS) is 19.9. The van der Waals surface area contributed by atoms with E-state index in [4.69, 9.17) is 0 Å². The van der Waals surface area contributed by atoms with Crippen molar-refractivity contribution in [3.05, 3.63) is 41.7 Å². The smallest absolute Gasteiger partial charge is 0.223 e. The van der Waals surface area contributed by atoms with E-state index in [1.807, 2.05) is 19.1 Å². The van der Waals surface area contributed by atoms with Gasteiger partial charge in [-0.15, -0.1) is 0 Å². The molecule has 1 N–H and O–H groups in total. The summed E-state index contributed by atoms with van der Waals surface area (Å²) in [6.07, 6.45) is 8.89. The Kier molecular flexibility index (Phi) is 4.94. The van der Waals surface area contributed by atoms with Crippen molar-refractivity contribution in [1.82, 2.24) is 10.3 Å². The number of nitrogens with one attached hydrogen (secondary N) is 1. The van der Waals surface area contributed by atoms with Crippen LogP contribution >= 0.6 is 0 Å². The maximum absolute atomic E-state index is 12.4. The summed E-state index contributed by atoms with van der Waals surface area (Å²) < 4.78 is 0. The number of hydrogen-bond donors (Lipinski definition) is 1. The number of rotatable bonds is 4. The Morgan fingerprint density at radius 3 is 2.80 bits per heavy atom. The molecule has 0 fully saturated rings. The van der Waals surface area contributed by atoms with Crippen LogP contribution in [0.1, 0.15) is 50.4 Å². The second-order valence-corrected chi connectivity index (χ2v) is 5.92. The van der Waals surface area contributed by atoms with E-state index >= 15 is 0 Å². The molecular weight excluding hydrogens is 248 g/mol. The molecule has 1 amide bonds. The van der Waals surface area contributed by atoms with E-state index in [2.05, 4.69) is 36.3 Å². The van der Waals surface area contributed by atoms with Gasteiger partial charge in [0.05, 0.1) is 11.7 Å². The van der Waals surface area contributed by atoms with Crippen LogP contribution in [0.4, 0.5) is 0 Å². The number of hydrogen-bond acceptors (Lipinski definition) is 2. The number of carbonyl (C=O) groups is 1. The van der Waals surface area contributed by atoms with Crippen molar-refractivity contribution >= 4 is 5.91 Å². The van der Waals surface area contributed by atoms with Crippen LogP contribution in [0.5, 0.6) is 0 Å². The van der Waals surface area contributed by atoms with Crippen LogP contribution < -0.4 is 5.32 Å². The summed E-state index contributed by atoms with van der Waals surface area (Å²) in [6, 6.07) is 3.98.